The molecule has 1 aliphatic heterocycles. The van der Waals surface area contributed by atoms with Crippen molar-refractivity contribution in [2.45, 2.75) is 25.7 Å². The number of carbonyl (C=O) groups is 4. The van der Waals surface area contributed by atoms with Gasteiger partial charge in [-0.15, -0.1) is 0 Å². The SMILES string of the molecule is COCCOCCN.COCCOCCNC(=O)CCC(=O)O.O=C1CCC(=O)O1. The molecule has 12 nitrogen and oxygen atoms in total. The van der Waals surface area contributed by atoms with E-state index >= 15 is 0 Å². The highest BCUT2D eigenvalue weighted by molar-refractivity contribution is 5.92. The minimum atomic E-state index is -0.971. The first-order valence-electron chi connectivity index (χ1n) is 9.42. The molecule has 0 radical (unpaired) electrons. The third-order valence-corrected chi connectivity index (χ3v) is 3.02. The molecular weight excluding hydrogens is 404 g/mol. The van der Waals surface area contributed by atoms with E-state index < -0.39 is 17.9 Å². The average molecular weight is 438 g/mol. The molecule has 1 amide bonds. The summed E-state index contributed by atoms with van der Waals surface area (Å²) in [5, 5.41) is 10.9. The Balaban J connectivity index is 0. The molecule has 0 spiro atoms. The van der Waals surface area contributed by atoms with Gasteiger partial charge in [-0.05, 0) is 0 Å². The Hall–Kier alpha value is -2.12. The fourth-order valence-corrected chi connectivity index (χ4v) is 1.58. The van der Waals surface area contributed by atoms with Crippen molar-refractivity contribution in [3.05, 3.63) is 0 Å². The van der Waals surface area contributed by atoms with E-state index in [0.717, 1.165) is 0 Å². The Labute approximate surface area is 176 Å². The molecule has 12 heteroatoms. The van der Waals surface area contributed by atoms with Crippen LogP contribution in [0.25, 0.3) is 0 Å². The summed E-state index contributed by atoms with van der Waals surface area (Å²) in [5.74, 6) is -2.04. The van der Waals surface area contributed by atoms with Crippen LogP contribution in [-0.2, 0) is 42.9 Å². The molecule has 0 bridgehead atoms. The van der Waals surface area contributed by atoms with Gasteiger partial charge in [-0.25, -0.2) is 0 Å². The number of aliphatic carboxylic acids is 1. The first-order valence-corrected chi connectivity index (χ1v) is 9.42. The Kier molecular flexibility index (Phi) is 23.2. The van der Waals surface area contributed by atoms with Crippen LogP contribution in [0, 0.1) is 0 Å². The molecule has 0 aromatic carbocycles. The third kappa shape index (κ3) is 25.9. The molecule has 0 atom stereocenters. The topological polar surface area (TPSA) is 173 Å². The summed E-state index contributed by atoms with van der Waals surface area (Å²) in [6, 6.07) is 0. The van der Waals surface area contributed by atoms with Gasteiger partial charge in [0.05, 0.1) is 58.9 Å². The van der Waals surface area contributed by atoms with Crippen LogP contribution in [0.1, 0.15) is 25.7 Å². The van der Waals surface area contributed by atoms with E-state index in [1.165, 1.54) is 0 Å². The van der Waals surface area contributed by atoms with Crippen molar-refractivity contribution in [1.29, 1.82) is 0 Å². The number of nitrogens with one attached hydrogen (secondary N) is 1. The molecule has 1 saturated heterocycles. The molecule has 176 valence electrons. The number of carboxylic acid groups (broad SMARTS) is 1. The Morgan fingerprint density at radius 1 is 0.933 bits per heavy atom. The largest absolute Gasteiger partial charge is 0.481 e. The molecular formula is C18H34N2O10. The van der Waals surface area contributed by atoms with Gasteiger partial charge in [0.25, 0.3) is 0 Å². The molecule has 0 aromatic rings. The van der Waals surface area contributed by atoms with Gasteiger partial charge in [0, 0.05) is 33.7 Å². The van der Waals surface area contributed by atoms with Gasteiger partial charge in [-0.1, -0.05) is 0 Å². The number of cyclic esters (lactones) is 2. The number of carbonyl (C=O) groups excluding carboxylic acids is 3. The zero-order valence-corrected chi connectivity index (χ0v) is 17.7. The number of nitrogens with two attached hydrogens (primary N) is 1. The second-order valence-corrected chi connectivity index (χ2v) is 5.59. The zero-order valence-electron chi connectivity index (χ0n) is 17.7. The maximum atomic E-state index is 11.0. The number of hydrogen-bond donors (Lipinski definition) is 3. The van der Waals surface area contributed by atoms with Crippen LogP contribution in [0.2, 0.25) is 0 Å². The molecule has 0 unspecified atom stereocenters. The smallest absolute Gasteiger partial charge is 0.314 e. The van der Waals surface area contributed by atoms with Crippen LogP contribution >= 0.6 is 0 Å². The highest BCUT2D eigenvalue weighted by atomic mass is 16.6. The van der Waals surface area contributed by atoms with Crippen LogP contribution in [0.3, 0.4) is 0 Å². The van der Waals surface area contributed by atoms with Gasteiger partial charge in [-0.3, -0.25) is 19.2 Å². The standard InChI is InChI=1S/C9H17NO5.C5H13NO2.C4H4O3/c1-14-6-7-15-5-4-10-8(11)2-3-9(12)13;1-7-4-5-8-3-2-6;5-3-1-2-4(6)7-3/h2-7H2,1H3,(H,10,11)(H,12,13);2-6H2,1H3;1-2H2. The van der Waals surface area contributed by atoms with E-state index in [1.54, 1.807) is 14.2 Å². The summed E-state index contributed by atoms with van der Waals surface area (Å²) in [6.07, 6.45) is 0.390. The molecule has 0 aliphatic carbocycles. The van der Waals surface area contributed by atoms with Crippen LogP contribution in [0.5, 0.6) is 0 Å². The maximum Gasteiger partial charge on any atom is 0.314 e. The molecule has 1 fully saturated rings. The monoisotopic (exact) mass is 438 g/mol. The van der Waals surface area contributed by atoms with Crippen LogP contribution in [-0.4, -0.2) is 95.9 Å². The van der Waals surface area contributed by atoms with Gasteiger partial charge in [0.1, 0.15) is 0 Å². The lowest BCUT2D eigenvalue weighted by Gasteiger charge is -2.05. The van der Waals surface area contributed by atoms with Gasteiger partial charge >= 0.3 is 17.9 Å². The van der Waals surface area contributed by atoms with Crippen LogP contribution < -0.4 is 11.1 Å². The van der Waals surface area contributed by atoms with E-state index in [-0.39, 0.29) is 31.6 Å². The van der Waals surface area contributed by atoms with E-state index in [1.807, 2.05) is 0 Å². The van der Waals surface area contributed by atoms with E-state index in [0.29, 0.717) is 52.7 Å². The van der Waals surface area contributed by atoms with Crippen molar-refractivity contribution in [2.24, 2.45) is 5.73 Å². The lowest BCUT2D eigenvalue weighted by Crippen LogP contribution is -2.27. The molecule has 0 aromatic heterocycles. The van der Waals surface area contributed by atoms with E-state index in [4.69, 9.17) is 29.8 Å². The predicted octanol–water partition coefficient (Wildman–Crippen LogP) is -0.911. The number of ether oxygens (including phenoxy) is 5. The maximum absolute atomic E-state index is 11.0. The summed E-state index contributed by atoms with van der Waals surface area (Å²) < 4.78 is 23.6. The van der Waals surface area contributed by atoms with Gasteiger partial charge in [0.2, 0.25) is 5.91 Å². The van der Waals surface area contributed by atoms with Gasteiger partial charge in [0.15, 0.2) is 0 Å². The number of rotatable bonds is 14. The summed E-state index contributed by atoms with van der Waals surface area (Å²) >= 11 is 0. The number of esters is 2. The fraction of sp³-hybridized carbons (Fsp3) is 0.778. The van der Waals surface area contributed by atoms with Gasteiger partial charge < -0.3 is 39.8 Å². The quantitative estimate of drug-likeness (QED) is 0.174. The lowest BCUT2D eigenvalue weighted by atomic mass is 10.3. The van der Waals surface area contributed by atoms with Crippen molar-refractivity contribution >= 4 is 23.8 Å². The predicted molar refractivity (Wildman–Crippen MR) is 105 cm³/mol. The molecule has 1 rings (SSSR count). The number of amides is 1. The van der Waals surface area contributed by atoms with E-state index in [9.17, 15) is 19.2 Å². The van der Waals surface area contributed by atoms with Crippen molar-refractivity contribution in [2.75, 3.05) is 67.0 Å². The summed E-state index contributed by atoms with van der Waals surface area (Å²) in [5.41, 5.74) is 5.14. The summed E-state index contributed by atoms with van der Waals surface area (Å²) in [6.45, 7) is 4.32. The number of hydrogen-bond acceptors (Lipinski definition) is 10. The minimum absolute atomic E-state index is 0.00735. The first-order chi connectivity index (χ1) is 14.4. The Morgan fingerprint density at radius 2 is 1.47 bits per heavy atom. The first kappa shape index (κ1) is 30.1. The third-order valence-electron chi connectivity index (χ3n) is 3.02. The normalized spacial score (nSPS) is 12.2. The highest BCUT2D eigenvalue weighted by Crippen LogP contribution is 2.03. The molecule has 30 heavy (non-hydrogen) atoms. The van der Waals surface area contributed by atoms with E-state index in [2.05, 4.69) is 10.1 Å². The van der Waals surface area contributed by atoms with Crippen molar-refractivity contribution in [3.8, 4) is 0 Å². The summed E-state index contributed by atoms with van der Waals surface area (Å²) in [4.78, 5) is 41.1. The van der Waals surface area contributed by atoms with Crippen LogP contribution in [0.15, 0.2) is 0 Å². The second-order valence-electron chi connectivity index (χ2n) is 5.59. The fourth-order valence-electron chi connectivity index (χ4n) is 1.58. The molecule has 4 N–H and O–H groups in total. The Morgan fingerprint density at radius 3 is 1.87 bits per heavy atom. The van der Waals surface area contributed by atoms with Crippen molar-refractivity contribution in [1.82, 2.24) is 5.32 Å². The highest BCUT2D eigenvalue weighted by Gasteiger charge is 2.19. The number of methoxy groups -OCH3 is 2. The zero-order chi connectivity index (χ0) is 23.0. The summed E-state index contributed by atoms with van der Waals surface area (Å²) in [7, 11) is 3.23. The van der Waals surface area contributed by atoms with Crippen molar-refractivity contribution in [3.63, 3.8) is 0 Å². The molecule has 1 aliphatic rings. The van der Waals surface area contributed by atoms with Crippen LogP contribution in [0.4, 0.5) is 0 Å². The number of carboxylic acids is 1. The average Bonchev–Trinajstić information content (AvgIpc) is 3.10. The Bertz CT molecular complexity index is 454. The lowest BCUT2D eigenvalue weighted by molar-refractivity contribution is -0.152. The minimum Gasteiger partial charge on any atom is -0.481 e. The van der Waals surface area contributed by atoms with Crippen molar-refractivity contribution < 1.29 is 48.0 Å². The van der Waals surface area contributed by atoms with Gasteiger partial charge in [-0.2, -0.15) is 0 Å². The molecule has 1 heterocycles. The molecule has 0 saturated carbocycles. The second kappa shape index (κ2) is 23.2.